The zero-order valence-electron chi connectivity index (χ0n) is 12.3. The molecule has 0 heterocycles. The van der Waals surface area contributed by atoms with Crippen molar-refractivity contribution < 1.29 is 4.79 Å². The molecule has 110 valence electrons. The van der Waals surface area contributed by atoms with Crippen LogP contribution in [-0.2, 0) is 0 Å². The molecule has 0 radical (unpaired) electrons. The number of para-hydroxylation sites is 1. The highest BCUT2D eigenvalue weighted by molar-refractivity contribution is 5.89. The van der Waals surface area contributed by atoms with E-state index in [0.29, 0.717) is 6.54 Å². The lowest BCUT2D eigenvalue weighted by atomic mass is 9.95. The van der Waals surface area contributed by atoms with Crippen molar-refractivity contribution in [2.75, 3.05) is 18.4 Å². The smallest absolute Gasteiger partial charge is 0.322 e. The number of carbonyl (C=O) groups excluding carboxylic acids is 1. The molecule has 3 N–H and O–H groups in total. The Labute approximate surface area is 121 Å². The molecule has 0 spiro atoms. The van der Waals surface area contributed by atoms with Crippen LogP contribution in [0.5, 0.6) is 0 Å². The van der Waals surface area contributed by atoms with Gasteiger partial charge in [-0.3, -0.25) is 0 Å². The first-order valence-corrected chi connectivity index (χ1v) is 7.55. The summed E-state index contributed by atoms with van der Waals surface area (Å²) in [4.78, 5) is 14.6. The van der Waals surface area contributed by atoms with Crippen LogP contribution in [0.1, 0.15) is 39.0 Å². The molecule has 0 atom stereocenters. The number of benzene rings is 1. The number of carbonyl (C=O) groups is 1. The molecule has 4 nitrogen and oxygen atoms in total. The van der Waals surface area contributed by atoms with Gasteiger partial charge in [0.25, 0.3) is 0 Å². The van der Waals surface area contributed by atoms with Crippen molar-refractivity contribution in [2.24, 2.45) is 5.73 Å². The van der Waals surface area contributed by atoms with Crippen LogP contribution < -0.4 is 11.1 Å². The molecule has 1 aromatic carbocycles. The summed E-state index contributed by atoms with van der Waals surface area (Å²) in [5.41, 5.74) is 6.70. The van der Waals surface area contributed by atoms with E-state index in [4.69, 9.17) is 5.73 Å². The molecule has 1 aliphatic rings. The molecule has 2 rings (SSSR count). The van der Waals surface area contributed by atoms with E-state index in [1.54, 1.807) is 0 Å². The normalized spacial score (nSPS) is 16.9. The van der Waals surface area contributed by atoms with Gasteiger partial charge in [-0.15, -0.1) is 0 Å². The van der Waals surface area contributed by atoms with E-state index in [9.17, 15) is 4.79 Å². The predicted molar refractivity (Wildman–Crippen MR) is 82.7 cm³/mol. The van der Waals surface area contributed by atoms with Crippen LogP contribution in [0.2, 0.25) is 0 Å². The maximum absolute atomic E-state index is 12.6. The summed E-state index contributed by atoms with van der Waals surface area (Å²) in [5, 5.41) is 2.99. The zero-order chi connectivity index (χ0) is 14.4. The van der Waals surface area contributed by atoms with Crippen LogP contribution in [-0.4, -0.2) is 29.6 Å². The van der Waals surface area contributed by atoms with Crippen molar-refractivity contribution in [3.63, 3.8) is 0 Å². The van der Waals surface area contributed by atoms with E-state index in [2.05, 4.69) is 12.2 Å². The maximum Gasteiger partial charge on any atom is 0.322 e. The number of nitrogens with zero attached hydrogens (tertiary/aromatic N) is 1. The highest BCUT2D eigenvalue weighted by Crippen LogP contribution is 2.35. The number of urea groups is 1. The van der Waals surface area contributed by atoms with Crippen molar-refractivity contribution in [3.8, 4) is 0 Å². The first-order valence-electron chi connectivity index (χ1n) is 7.55. The SMILES string of the molecule is CCCN(C(=O)Nc1ccccc1)C1(CN)CCCC1. The Morgan fingerprint density at radius 1 is 1.30 bits per heavy atom. The van der Waals surface area contributed by atoms with Crippen molar-refractivity contribution in [1.29, 1.82) is 0 Å². The standard InChI is InChI=1S/C16H25N3O/c1-2-12-19(16(13-17)10-6-7-11-16)15(20)18-14-8-4-3-5-9-14/h3-5,8-9H,2,6-7,10-13,17H2,1H3,(H,18,20). The molecule has 0 aliphatic heterocycles. The topological polar surface area (TPSA) is 58.4 Å². The van der Waals surface area contributed by atoms with Crippen LogP contribution >= 0.6 is 0 Å². The van der Waals surface area contributed by atoms with Crippen molar-refractivity contribution in [1.82, 2.24) is 4.90 Å². The number of hydrogen-bond donors (Lipinski definition) is 2. The summed E-state index contributed by atoms with van der Waals surface area (Å²) in [6, 6.07) is 9.59. The third-order valence-electron chi connectivity index (χ3n) is 4.20. The van der Waals surface area contributed by atoms with Gasteiger partial charge < -0.3 is 16.0 Å². The summed E-state index contributed by atoms with van der Waals surface area (Å²) >= 11 is 0. The van der Waals surface area contributed by atoms with Gasteiger partial charge in [0.15, 0.2) is 0 Å². The number of anilines is 1. The number of nitrogens with one attached hydrogen (secondary N) is 1. The van der Waals surface area contributed by atoms with E-state index < -0.39 is 0 Å². The highest BCUT2D eigenvalue weighted by atomic mass is 16.2. The van der Waals surface area contributed by atoms with Crippen LogP contribution in [0.3, 0.4) is 0 Å². The summed E-state index contributed by atoms with van der Waals surface area (Å²) in [6.45, 7) is 3.41. The Bertz CT molecular complexity index is 427. The average Bonchev–Trinajstić information content (AvgIpc) is 2.95. The lowest BCUT2D eigenvalue weighted by Crippen LogP contribution is -2.56. The van der Waals surface area contributed by atoms with Gasteiger partial charge in [0.05, 0.1) is 5.54 Å². The third-order valence-corrected chi connectivity index (χ3v) is 4.20. The highest BCUT2D eigenvalue weighted by Gasteiger charge is 2.40. The summed E-state index contributed by atoms with van der Waals surface area (Å²) in [7, 11) is 0. The fourth-order valence-corrected chi connectivity index (χ4v) is 3.11. The molecule has 0 bridgehead atoms. The molecule has 1 aliphatic carbocycles. The number of rotatable bonds is 5. The minimum atomic E-state index is -0.144. The number of hydrogen-bond acceptors (Lipinski definition) is 2. The summed E-state index contributed by atoms with van der Waals surface area (Å²) in [6.07, 6.45) is 5.31. The number of amides is 2. The monoisotopic (exact) mass is 275 g/mol. The molecule has 1 fully saturated rings. The van der Waals surface area contributed by atoms with Crippen LogP contribution in [0, 0.1) is 0 Å². The molecule has 20 heavy (non-hydrogen) atoms. The van der Waals surface area contributed by atoms with Gasteiger partial charge in [-0.05, 0) is 31.4 Å². The van der Waals surface area contributed by atoms with Crippen LogP contribution in [0.25, 0.3) is 0 Å². The molecule has 0 unspecified atom stereocenters. The molecule has 1 saturated carbocycles. The van der Waals surface area contributed by atoms with Gasteiger partial charge >= 0.3 is 6.03 Å². The fourth-order valence-electron chi connectivity index (χ4n) is 3.11. The molecular formula is C16H25N3O. The first-order chi connectivity index (χ1) is 9.72. The quantitative estimate of drug-likeness (QED) is 0.867. The van der Waals surface area contributed by atoms with Crippen molar-refractivity contribution in [2.45, 2.75) is 44.6 Å². The second kappa shape index (κ2) is 6.75. The van der Waals surface area contributed by atoms with Gasteiger partial charge in [-0.1, -0.05) is 38.0 Å². The Morgan fingerprint density at radius 2 is 1.95 bits per heavy atom. The lowest BCUT2D eigenvalue weighted by molar-refractivity contribution is 0.129. The minimum Gasteiger partial charge on any atom is -0.328 e. The van der Waals surface area contributed by atoms with Crippen molar-refractivity contribution >= 4 is 11.7 Å². The molecule has 2 amide bonds. The van der Waals surface area contributed by atoms with Crippen molar-refractivity contribution in [3.05, 3.63) is 30.3 Å². The molecule has 1 aromatic rings. The Kier molecular flexibility index (Phi) is 5.01. The minimum absolute atomic E-state index is 0.0228. The largest absolute Gasteiger partial charge is 0.328 e. The molecule has 0 aromatic heterocycles. The van der Waals surface area contributed by atoms with E-state index in [0.717, 1.165) is 44.3 Å². The van der Waals surface area contributed by atoms with Gasteiger partial charge in [0, 0.05) is 18.8 Å². The zero-order valence-corrected chi connectivity index (χ0v) is 12.3. The van der Waals surface area contributed by atoms with Crippen LogP contribution in [0.15, 0.2) is 30.3 Å². The van der Waals surface area contributed by atoms with E-state index >= 15 is 0 Å². The van der Waals surface area contributed by atoms with Gasteiger partial charge in [-0.2, -0.15) is 0 Å². The van der Waals surface area contributed by atoms with Gasteiger partial charge in [0.1, 0.15) is 0 Å². The second-order valence-corrected chi connectivity index (χ2v) is 5.58. The van der Waals surface area contributed by atoms with Crippen LogP contribution in [0.4, 0.5) is 10.5 Å². The van der Waals surface area contributed by atoms with E-state index in [1.165, 1.54) is 0 Å². The Hall–Kier alpha value is -1.55. The lowest BCUT2D eigenvalue weighted by Gasteiger charge is -2.40. The Morgan fingerprint density at radius 3 is 2.50 bits per heavy atom. The fraction of sp³-hybridized carbons (Fsp3) is 0.562. The first kappa shape index (κ1) is 14.9. The average molecular weight is 275 g/mol. The van der Waals surface area contributed by atoms with E-state index in [-0.39, 0.29) is 11.6 Å². The molecule has 4 heteroatoms. The number of nitrogens with two attached hydrogens (primary N) is 1. The van der Waals surface area contributed by atoms with Gasteiger partial charge in [0.2, 0.25) is 0 Å². The predicted octanol–water partition coefficient (Wildman–Crippen LogP) is 3.20. The molecule has 0 saturated heterocycles. The summed E-state index contributed by atoms with van der Waals surface area (Å²) in [5.74, 6) is 0. The van der Waals surface area contributed by atoms with E-state index in [1.807, 2.05) is 35.2 Å². The van der Waals surface area contributed by atoms with Gasteiger partial charge in [-0.25, -0.2) is 4.79 Å². The second-order valence-electron chi connectivity index (χ2n) is 5.58. The third kappa shape index (κ3) is 3.12. The molecular weight excluding hydrogens is 250 g/mol. The Balaban J connectivity index is 2.13. The maximum atomic E-state index is 12.6. The summed E-state index contributed by atoms with van der Waals surface area (Å²) < 4.78 is 0.